The number of hydrogen-bond acceptors (Lipinski definition) is 2. The van der Waals surface area contributed by atoms with Crippen LogP contribution in [0.2, 0.25) is 0 Å². The highest BCUT2D eigenvalue weighted by Gasteiger charge is 2.37. The topological polar surface area (TPSA) is 6.48 Å². The van der Waals surface area contributed by atoms with Gasteiger partial charge in [0, 0.05) is 45.0 Å². The van der Waals surface area contributed by atoms with Crippen LogP contribution in [-0.4, -0.2) is 0 Å². The standard InChI is InChI=1S/C58H48N2/c1-7-39-15-13-17-45(35-39)59(47-31-33-51-49-19-9-11-21-53(49)57(3,4)55(51)37-47)43-27-23-41(24-28-43)42-25-29-44(30-26-42)60(46-18-14-16-40(8-2)36-46)48-32-34-52-50-20-10-12-22-54(50)58(5,6)56(52)38-48/h7-38H,1-2H2,3-6H3. The molecule has 2 nitrogen and oxygen atoms in total. The van der Waals surface area contributed by atoms with Crippen molar-refractivity contribution >= 4 is 46.3 Å². The second-order valence-electron chi connectivity index (χ2n) is 17.2. The Hall–Kier alpha value is -7.16. The summed E-state index contributed by atoms with van der Waals surface area (Å²) >= 11 is 0. The Bertz CT molecular complexity index is 2760. The van der Waals surface area contributed by atoms with Crippen LogP contribution in [0.1, 0.15) is 61.1 Å². The molecule has 0 heterocycles. The van der Waals surface area contributed by atoms with Crippen LogP contribution in [0.25, 0.3) is 45.5 Å². The lowest BCUT2D eigenvalue weighted by Crippen LogP contribution is -2.16. The highest BCUT2D eigenvalue weighted by molar-refractivity contribution is 5.88. The van der Waals surface area contributed by atoms with E-state index in [-0.39, 0.29) is 10.8 Å². The Morgan fingerprint density at radius 3 is 1.08 bits per heavy atom. The summed E-state index contributed by atoms with van der Waals surface area (Å²) in [6.07, 6.45) is 3.83. The smallest absolute Gasteiger partial charge is 0.0467 e. The molecule has 0 aliphatic heterocycles. The van der Waals surface area contributed by atoms with Gasteiger partial charge in [-0.3, -0.25) is 0 Å². The molecule has 2 aliphatic rings. The molecule has 0 saturated carbocycles. The highest BCUT2D eigenvalue weighted by atomic mass is 15.1. The average Bonchev–Trinajstić information content (AvgIpc) is 3.66. The Labute approximate surface area is 355 Å². The van der Waals surface area contributed by atoms with Crippen LogP contribution < -0.4 is 9.80 Å². The fourth-order valence-corrected chi connectivity index (χ4v) is 9.74. The SMILES string of the molecule is C=Cc1cccc(N(c2ccc(-c3ccc(N(c4cccc(C=C)c4)c4ccc5c(c4)C(C)(C)c4ccccc4-5)cc3)cc2)c2ccc3c(c2)C(C)(C)c2ccccc2-3)c1. The molecule has 0 bridgehead atoms. The van der Waals surface area contributed by atoms with Gasteiger partial charge in [0.05, 0.1) is 0 Å². The normalized spacial score (nSPS) is 13.7. The second-order valence-corrected chi connectivity index (χ2v) is 17.2. The van der Waals surface area contributed by atoms with Gasteiger partial charge in [-0.2, -0.15) is 0 Å². The summed E-state index contributed by atoms with van der Waals surface area (Å²) in [5.74, 6) is 0. The van der Waals surface area contributed by atoms with Crippen LogP contribution in [0.4, 0.5) is 34.1 Å². The Kier molecular flexibility index (Phi) is 8.84. The van der Waals surface area contributed by atoms with Crippen molar-refractivity contribution in [3.05, 3.63) is 229 Å². The van der Waals surface area contributed by atoms with E-state index in [2.05, 4.69) is 233 Å². The maximum atomic E-state index is 4.07. The van der Waals surface area contributed by atoms with E-state index in [1.807, 2.05) is 12.2 Å². The fraction of sp³-hybridized carbons (Fsp3) is 0.103. The highest BCUT2D eigenvalue weighted by Crippen LogP contribution is 2.52. The van der Waals surface area contributed by atoms with Gasteiger partial charge >= 0.3 is 0 Å². The molecule has 0 unspecified atom stereocenters. The van der Waals surface area contributed by atoms with Gasteiger partial charge in [-0.05, 0) is 140 Å². The van der Waals surface area contributed by atoms with Crippen LogP contribution in [0.5, 0.6) is 0 Å². The molecule has 60 heavy (non-hydrogen) atoms. The molecule has 0 saturated heterocycles. The summed E-state index contributed by atoms with van der Waals surface area (Å²) in [5, 5.41) is 0. The van der Waals surface area contributed by atoms with E-state index in [1.165, 1.54) is 44.5 Å². The van der Waals surface area contributed by atoms with E-state index in [9.17, 15) is 0 Å². The number of rotatable bonds is 9. The monoisotopic (exact) mass is 772 g/mol. The van der Waals surface area contributed by atoms with E-state index in [0.717, 1.165) is 56.4 Å². The summed E-state index contributed by atoms with van der Waals surface area (Å²) in [4.78, 5) is 4.73. The van der Waals surface area contributed by atoms with Gasteiger partial charge in [-0.25, -0.2) is 0 Å². The van der Waals surface area contributed by atoms with Gasteiger partial charge in [0.1, 0.15) is 0 Å². The first-order valence-corrected chi connectivity index (χ1v) is 20.9. The van der Waals surface area contributed by atoms with Crippen molar-refractivity contribution in [3.63, 3.8) is 0 Å². The van der Waals surface area contributed by atoms with E-state index < -0.39 is 0 Å². The van der Waals surface area contributed by atoms with Gasteiger partial charge in [0.25, 0.3) is 0 Å². The summed E-state index contributed by atoms with van der Waals surface area (Å²) < 4.78 is 0. The van der Waals surface area contributed by atoms with Gasteiger partial charge in [0.15, 0.2) is 0 Å². The van der Waals surface area contributed by atoms with Crippen molar-refractivity contribution < 1.29 is 0 Å². The first-order valence-electron chi connectivity index (χ1n) is 20.9. The quantitative estimate of drug-likeness (QED) is 0.144. The van der Waals surface area contributed by atoms with Gasteiger partial charge in [-0.1, -0.05) is 162 Å². The lowest BCUT2D eigenvalue weighted by atomic mass is 9.82. The zero-order valence-corrected chi connectivity index (χ0v) is 34.8. The molecule has 0 aromatic heterocycles. The summed E-state index contributed by atoms with van der Waals surface area (Å²) in [5.41, 5.74) is 21.7. The summed E-state index contributed by atoms with van der Waals surface area (Å²) in [7, 11) is 0. The average molecular weight is 773 g/mol. The second kappa shape index (κ2) is 14.3. The number of nitrogens with zero attached hydrogens (tertiary/aromatic N) is 2. The van der Waals surface area contributed by atoms with E-state index in [0.29, 0.717) is 0 Å². The van der Waals surface area contributed by atoms with E-state index in [1.54, 1.807) is 0 Å². The minimum Gasteiger partial charge on any atom is -0.310 e. The predicted molar refractivity (Wildman–Crippen MR) is 257 cm³/mol. The Morgan fingerprint density at radius 2 is 0.683 bits per heavy atom. The van der Waals surface area contributed by atoms with E-state index >= 15 is 0 Å². The number of fused-ring (bicyclic) bond motifs is 6. The molecule has 10 rings (SSSR count). The van der Waals surface area contributed by atoms with Crippen LogP contribution in [0.3, 0.4) is 0 Å². The van der Waals surface area contributed by atoms with Crippen molar-refractivity contribution in [1.82, 2.24) is 0 Å². The molecule has 0 amide bonds. The molecule has 8 aromatic carbocycles. The van der Waals surface area contributed by atoms with E-state index in [4.69, 9.17) is 0 Å². The van der Waals surface area contributed by atoms with Crippen molar-refractivity contribution in [1.29, 1.82) is 0 Å². The van der Waals surface area contributed by atoms with Crippen LogP contribution >= 0.6 is 0 Å². The molecule has 0 fully saturated rings. The third-order valence-corrected chi connectivity index (χ3v) is 13.0. The molecule has 0 atom stereocenters. The molecular formula is C58H48N2. The van der Waals surface area contributed by atoms with Crippen LogP contribution in [-0.2, 0) is 10.8 Å². The molecule has 0 N–H and O–H groups in total. The third-order valence-electron chi connectivity index (χ3n) is 13.0. The molecular weight excluding hydrogens is 725 g/mol. The molecule has 2 heteroatoms. The van der Waals surface area contributed by atoms with Crippen molar-refractivity contribution in [2.24, 2.45) is 0 Å². The lowest BCUT2D eigenvalue weighted by Gasteiger charge is -2.29. The van der Waals surface area contributed by atoms with Crippen molar-refractivity contribution in [3.8, 4) is 33.4 Å². The molecule has 0 radical (unpaired) electrons. The predicted octanol–water partition coefficient (Wildman–Crippen LogP) is 16.2. The van der Waals surface area contributed by atoms with Gasteiger partial charge in [-0.15, -0.1) is 0 Å². The first-order chi connectivity index (χ1) is 29.1. The summed E-state index contributed by atoms with van der Waals surface area (Å²) in [6.45, 7) is 17.5. The van der Waals surface area contributed by atoms with Gasteiger partial charge in [0.2, 0.25) is 0 Å². The lowest BCUT2D eigenvalue weighted by molar-refractivity contribution is 0.660. The Morgan fingerprint density at radius 1 is 0.333 bits per heavy atom. The number of benzene rings is 8. The van der Waals surface area contributed by atoms with Crippen molar-refractivity contribution in [2.45, 2.75) is 38.5 Å². The maximum absolute atomic E-state index is 4.07. The molecule has 290 valence electrons. The summed E-state index contributed by atoms with van der Waals surface area (Å²) in [6, 6.07) is 66.7. The minimum absolute atomic E-state index is 0.0976. The minimum atomic E-state index is -0.0976. The van der Waals surface area contributed by atoms with Gasteiger partial charge < -0.3 is 9.80 Å². The van der Waals surface area contributed by atoms with Crippen molar-refractivity contribution in [2.75, 3.05) is 9.80 Å². The fourth-order valence-electron chi connectivity index (χ4n) is 9.74. The van der Waals surface area contributed by atoms with Crippen LogP contribution in [0.15, 0.2) is 195 Å². The molecule has 0 spiro atoms. The first kappa shape index (κ1) is 37.1. The molecule has 2 aliphatic carbocycles. The molecule has 8 aromatic rings. The van der Waals surface area contributed by atoms with Crippen LogP contribution in [0, 0.1) is 0 Å². The largest absolute Gasteiger partial charge is 0.310 e. The number of anilines is 6. The zero-order chi connectivity index (χ0) is 41.2. The number of hydrogen-bond donors (Lipinski definition) is 0. The third kappa shape index (κ3) is 6.02. The zero-order valence-electron chi connectivity index (χ0n) is 34.8. The Balaban J connectivity index is 1.01. The maximum Gasteiger partial charge on any atom is 0.0467 e.